The molecule has 0 radical (unpaired) electrons. The van der Waals surface area contributed by atoms with Gasteiger partial charge in [0.1, 0.15) is 11.2 Å². The Labute approximate surface area is 123 Å². The van der Waals surface area contributed by atoms with Crippen LogP contribution in [0.5, 0.6) is 0 Å². The molecule has 21 heavy (non-hydrogen) atoms. The SMILES string of the molecule is CC(C)(C)OC(=O)NCC(F)(F)CNC(=O)OC(C)(C)C. The molecule has 0 aromatic heterocycles. The molecule has 0 aliphatic heterocycles. The van der Waals surface area contributed by atoms with Crippen molar-refractivity contribution in [1.82, 2.24) is 10.6 Å². The molecule has 124 valence electrons. The van der Waals surface area contributed by atoms with E-state index in [1.165, 1.54) is 0 Å². The lowest BCUT2D eigenvalue weighted by Crippen LogP contribution is -2.46. The second kappa shape index (κ2) is 6.91. The summed E-state index contributed by atoms with van der Waals surface area (Å²) in [5.41, 5.74) is -1.54. The van der Waals surface area contributed by atoms with Crippen LogP contribution in [-0.4, -0.2) is 42.4 Å². The number of halogens is 2. The van der Waals surface area contributed by atoms with Gasteiger partial charge in [-0.05, 0) is 41.5 Å². The van der Waals surface area contributed by atoms with Gasteiger partial charge in [-0.25, -0.2) is 18.4 Å². The number of carbonyl (C=O) groups excluding carboxylic acids is 2. The van der Waals surface area contributed by atoms with Crippen molar-refractivity contribution in [2.24, 2.45) is 0 Å². The molecule has 0 spiro atoms. The summed E-state index contributed by atoms with van der Waals surface area (Å²) in [6, 6.07) is 0. The maximum Gasteiger partial charge on any atom is 0.407 e. The van der Waals surface area contributed by atoms with Gasteiger partial charge in [0.15, 0.2) is 0 Å². The van der Waals surface area contributed by atoms with Gasteiger partial charge in [0, 0.05) is 0 Å². The molecule has 2 N–H and O–H groups in total. The van der Waals surface area contributed by atoms with Crippen LogP contribution in [0.25, 0.3) is 0 Å². The monoisotopic (exact) mass is 310 g/mol. The van der Waals surface area contributed by atoms with Gasteiger partial charge in [-0.15, -0.1) is 0 Å². The van der Waals surface area contributed by atoms with Gasteiger partial charge in [-0.3, -0.25) is 0 Å². The van der Waals surface area contributed by atoms with Gasteiger partial charge in [0.25, 0.3) is 5.92 Å². The van der Waals surface area contributed by atoms with Crippen molar-refractivity contribution in [1.29, 1.82) is 0 Å². The number of ether oxygens (including phenoxy) is 2. The topological polar surface area (TPSA) is 76.7 Å². The van der Waals surface area contributed by atoms with Crippen molar-refractivity contribution in [3.63, 3.8) is 0 Å². The van der Waals surface area contributed by atoms with Crippen LogP contribution in [-0.2, 0) is 9.47 Å². The third-order valence-corrected chi connectivity index (χ3v) is 1.78. The van der Waals surface area contributed by atoms with Crippen LogP contribution in [0.2, 0.25) is 0 Å². The van der Waals surface area contributed by atoms with E-state index in [0.29, 0.717) is 0 Å². The average molecular weight is 310 g/mol. The number of rotatable bonds is 4. The Bertz CT molecular complexity index is 339. The third-order valence-electron chi connectivity index (χ3n) is 1.78. The molecule has 2 amide bonds. The van der Waals surface area contributed by atoms with Gasteiger partial charge in [0.05, 0.1) is 13.1 Å². The highest BCUT2D eigenvalue weighted by Gasteiger charge is 2.31. The number of amides is 2. The quantitative estimate of drug-likeness (QED) is 0.837. The van der Waals surface area contributed by atoms with Gasteiger partial charge in [0.2, 0.25) is 0 Å². The van der Waals surface area contributed by atoms with Gasteiger partial charge < -0.3 is 20.1 Å². The van der Waals surface area contributed by atoms with Crippen LogP contribution in [0.1, 0.15) is 41.5 Å². The first-order valence-corrected chi connectivity index (χ1v) is 6.52. The van der Waals surface area contributed by atoms with Crippen molar-refractivity contribution < 1.29 is 27.8 Å². The third kappa shape index (κ3) is 11.9. The van der Waals surface area contributed by atoms with Crippen molar-refractivity contribution in [3.8, 4) is 0 Å². The summed E-state index contributed by atoms with van der Waals surface area (Å²) in [5, 5.41) is 3.90. The minimum absolute atomic E-state index is 0.770. The molecule has 0 saturated heterocycles. The van der Waals surface area contributed by atoms with E-state index >= 15 is 0 Å². The van der Waals surface area contributed by atoms with E-state index in [9.17, 15) is 18.4 Å². The number of alkyl halides is 2. The maximum absolute atomic E-state index is 13.5. The summed E-state index contributed by atoms with van der Waals surface area (Å²) < 4.78 is 36.6. The summed E-state index contributed by atoms with van der Waals surface area (Å²) in [6.45, 7) is 7.83. The maximum atomic E-state index is 13.5. The van der Waals surface area contributed by atoms with Crippen molar-refractivity contribution in [3.05, 3.63) is 0 Å². The Kier molecular flexibility index (Phi) is 6.38. The zero-order valence-electron chi connectivity index (χ0n) is 13.3. The Balaban J connectivity index is 4.15. The number of hydrogen-bond donors (Lipinski definition) is 2. The lowest BCUT2D eigenvalue weighted by Gasteiger charge is -2.23. The molecule has 0 heterocycles. The predicted octanol–water partition coefficient (Wildman–Crippen LogP) is 2.67. The molecule has 8 heteroatoms. The van der Waals surface area contributed by atoms with Crippen LogP contribution < -0.4 is 10.6 Å². The summed E-state index contributed by atoms with van der Waals surface area (Å²) in [5.74, 6) is -3.31. The largest absolute Gasteiger partial charge is 0.444 e. The molecule has 0 aliphatic carbocycles. The number of nitrogens with one attached hydrogen (secondary N) is 2. The molecule has 0 rings (SSSR count). The second-order valence-electron chi connectivity index (χ2n) is 6.57. The fourth-order valence-corrected chi connectivity index (χ4v) is 1.09. The summed E-state index contributed by atoms with van der Waals surface area (Å²) >= 11 is 0. The Hall–Kier alpha value is -1.60. The van der Waals surface area contributed by atoms with Crippen molar-refractivity contribution in [2.75, 3.05) is 13.1 Å². The number of hydrogen-bond acceptors (Lipinski definition) is 4. The van der Waals surface area contributed by atoms with E-state index in [1.807, 2.05) is 10.6 Å². The average Bonchev–Trinajstić information content (AvgIpc) is 2.19. The van der Waals surface area contributed by atoms with Crippen LogP contribution >= 0.6 is 0 Å². The Morgan fingerprint density at radius 3 is 1.33 bits per heavy atom. The minimum atomic E-state index is -3.31. The molecule has 0 aromatic rings. The Morgan fingerprint density at radius 2 is 1.10 bits per heavy atom. The summed E-state index contributed by atoms with van der Waals surface area (Å²) in [4.78, 5) is 22.5. The van der Waals surface area contributed by atoms with Crippen LogP contribution in [0.4, 0.5) is 18.4 Å². The van der Waals surface area contributed by atoms with E-state index in [4.69, 9.17) is 9.47 Å². The number of alkyl carbamates (subject to hydrolysis) is 2. The predicted molar refractivity (Wildman–Crippen MR) is 73.4 cm³/mol. The van der Waals surface area contributed by atoms with Crippen molar-refractivity contribution >= 4 is 12.2 Å². The fourth-order valence-electron chi connectivity index (χ4n) is 1.09. The fraction of sp³-hybridized carbons (Fsp3) is 0.846. The van der Waals surface area contributed by atoms with Gasteiger partial charge in [-0.1, -0.05) is 0 Å². The van der Waals surface area contributed by atoms with Gasteiger partial charge in [-0.2, -0.15) is 0 Å². The molecule has 0 saturated carbocycles. The second-order valence-corrected chi connectivity index (χ2v) is 6.57. The molecule has 0 aliphatic rings. The first-order valence-electron chi connectivity index (χ1n) is 6.52. The highest BCUT2D eigenvalue weighted by Crippen LogP contribution is 2.12. The van der Waals surface area contributed by atoms with E-state index < -0.39 is 42.4 Å². The van der Waals surface area contributed by atoms with E-state index in [1.54, 1.807) is 41.5 Å². The number of carbonyl (C=O) groups is 2. The highest BCUT2D eigenvalue weighted by atomic mass is 19.3. The van der Waals surface area contributed by atoms with Crippen LogP contribution in [0, 0.1) is 0 Å². The van der Waals surface area contributed by atoms with Crippen LogP contribution in [0.3, 0.4) is 0 Å². The molecule has 0 bridgehead atoms. The van der Waals surface area contributed by atoms with Crippen LogP contribution in [0.15, 0.2) is 0 Å². The van der Waals surface area contributed by atoms with E-state index in [0.717, 1.165) is 0 Å². The highest BCUT2D eigenvalue weighted by molar-refractivity contribution is 5.68. The molecular weight excluding hydrogens is 286 g/mol. The molecule has 0 fully saturated rings. The minimum Gasteiger partial charge on any atom is -0.444 e. The molecule has 6 nitrogen and oxygen atoms in total. The van der Waals surface area contributed by atoms with Crippen molar-refractivity contribution in [2.45, 2.75) is 58.7 Å². The molecule has 0 atom stereocenters. The lowest BCUT2D eigenvalue weighted by molar-refractivity contribution is -0.00812. The standard InChI is InChI=1S/C13H24F2N2O4/c1-11(2,3)20-9(18)16-7-13(14,15)8-17-10(19)21-12(4,5)6/h7-8H2,1-6H3,(H,16,18)(H,17,19). The summed E-state index contributed by atoms with van der Waals surface area (Å²) in [6.07, 6.45) is -1.89. The molecule has 0 aromatic carbocycles. The smallest absolute Gasteiger partial charge is 0.407 e. The van der Waals surface area contributed by atoms with E-state index in [2.05, 4.69) is 0 Å². The first kappa shape index (κ1) is 19.4. The van der Waals surface area contributed by atoms with Gasteiger partial charge >= 0.3 is 12.2 Å². The zero-order chi connectivity index (χ0) is 16.9. The summed E-state index contributed by atoms with van der Waals surface area (Å²) in [7, 11) is 0. The molecule has 0 unspecified atom stereocenters. The lowest BCUT2D eigenvalue weighted by atomic mass is 10.2. The molecular formula is C13H24F2N2O4. The first-order chi connectivity index (χ1) is 9.20. The van der Waals surface area contributed by atoms with E-state index in [-0.39, 0.29) is 0 Å². The Morgan fingerprint density at radius 1 is 0.810 bits per heavy atom. The normalized spacial score (nSPS) is 12.6. The zero-order valence-corrected chi connectivity index (χ0v) is 13.3.